The molecule has 5 nitrogen and oxygen atoms in total. The summed E-state index contributed by atoms with van der Waals surface area (Å²) in [6, 6.07) is 6.39. The first-order valence-electron chi connectivity index (χ1n) is 10.1. The quantitative estimate of drug-likeness (QED) is 0.190. The fourth-order valence-electron chi connectivity index (χ4n) is 4.34. The molecular weight excluding hydrogens is 552 g/mol. The van der Waals surface area contributed by atoms with Gasteiger partial charge in [0.05, 0.1) is 14.2 Å². The minimum absolute atomic E-state index is 0.0501. The number of methoxy groups -OCH3 is 2. The first-order chi connectivity index (χ1) is 16.9. The molecule has 0 radical (unpaired) electrons. The molecule has 0 saturated heterocycles. The minimum Gasteiger partial charge on any atom is -0.497 e. The summed E-state index contributed by atoms with van der Waals surface area (Å²) in [5.74, 6) is -12.2. The summed E-state index contributed by atoms with van der Waals surface area (Å²) in [6.45, 7) is -0.0952. The lowest BCUT2D eigenvalue weighted by Gasteiger charge is -2.41. The molecule has 3 aromatic carbocycles. The summed E-state index contributed by atoms with van der Waals surface area (Å²) in [6.07, 6.45) is 0.200. The van der Waals surface area contributed by atoms with E-state index in [-0.39, 0.29) is 45.6 Å². The number of rotatable bonds is 5. The Balaban J connectivity index is 2.23. The lowest BCUT2D eigenvalue weighted by Crippen LogP contribution is -2.54. The van der Waals surface area contributed by atoms with Crippen molar-refractivity contribution in [2.45, 2.75) is 16.2 Å². The molecule has 13 heteroatoms. The van der Waals surface area contributed by atoms with E-state index in [1.165, 1.54) is 32.4 Å². The van der Waals surface area contributed by atoms with E-state index < -0.39 is 48.7 Å². The fraction of sp³-hybridized carbons (Fsp3) is 0.217. The second kappa shape index (κ2) is 9.37. The number of hydrogen-bond donors (Lipinski definition) is 1. The van der Waals surface area contributed by atoms with E-state index in [0.717, 1.165) is 12.1 Å². The largest absolute Gasteiger partial charge is 0.497 e. The van der Waals surface area contributed by atoms with Crippen LogP contribution in [0.15, 0.2) is 35.2 Å². The summed E-state index contributed by atoms with van der Waals surface area (Å²) >= 11 is 12.3. The van der Waals surface area contributed by atoms with Crippen LogP contribution in [0, 0.1) is 29.1 Å². The number of nitrogens with one attached hydrogen (secondary N) is 1. The highest BCUT2D eigenvalue weighted by Crippen LogP contribution is 2.50. The lowest BCUT2D eigenvalue weighted by molar-refractivity contribution is 0.352. The summed E-state index contributed by atoms with van der Waals surface area (Å²) in [7, 11) is -2.97. The smallest absolute Gasteiger partial charge is 0.211 e. The van der Waals surface area contributed by atoms with E-state index in [1.54, 1.807) is 0 Å². The molecule has 4 rings (SSSR count). The Morgan fingerprint density at radius 1 is 0.833 bits per heavy atom. The van der Waals surface area contributed by atoms with Crippen LogP contribution in [0.4, 0.5) is 22.0 Å². The van der Waals surface area contributed by atoms with Gasteiger partial charge in [0, 0.05) is 28.2 Å². The van der Waals surface area contributed by atoms with Gasteiger partial charge >= 0.3 is 0 Å². The lowest BCUT2D eigenvalue weighted by atomic mass is 9.88. The molecule has 0 fully saturated rings. The number of fused-ring (bicyclic) bond motifs is 1. The van der Waals surface area contributed by atoms with Gasteiger partial charge in [-0.1, -0.05) is 23.2 Å². The molecule has 0 aromatic heterocycles. The first kappa shape index (κ1) is 26.5. The van der Waals surface area contributed by atoms with Crippen molar-refractivity contribution in [2.24, 2.45) is 0 Å². The third-order valence-electron chi connectivity index (χ3n) is 5.84. The Kier molecular flexibility index (Phi) is 6.89. The average Bonchev–Trinajstić information content (AvgIpc) is 2.84. The van der Waals surface area contributed by atoms with Crippen LogP contribution in [0.5, 0.6) is 11.5 Å². The monoisotopic (exact) mass is 567 g/mol. The molecule has 0 amide bonds. The number of ether oxygens (including phenoxy) is 2. The van der Waals surface area contributed by atoms with Gasteiger partial charge in [-0.25, -0.2) is 30.4 Å². The standard InChI is InChI=1S/C23H16Cl2F5NO4S/c1-34-14-5-10-3-4-31-23(16(10)15(9-14)35-2,11-6-12(24)8-13(25)7-11)36(32,33)22-20(29)18(27)17(26)19(28)21(22)30/h5-9,31H,3-4H2,1-2H3. The van der Waals surface area contributed by atoms with Crippen LogP contribution in [0.1, 0.15) is 16.7 Å². The number of sulfone groups is 1. The van der Waals surface area contributed by atoms with Gasteiger partial charge in [-0.3, -0.25) is 5.32 Å². The van der Waals surface area contributed by atoms with E-state index in [9.17, 15) is 30.4 Å². The van der Waals surface area contributed by atoms with E-state index in [0.29, 0.717) is 5.56 Å². The van der Waals surface area contributed by atoms with Crippen LogP contribution < -0.4 is 14.8 Å². The highest BCUT2D eigenvalue weighted by atomic mass is 35.5. The highest BCUT2D eigenvalue weighted by Gasteiger charge is 2.55. The van der Waals surface area contributed by atoms with Crippen molar-refractivity contribution in [3.8, 4) is 11.5 Å². The van der Waals surface area contributed by atoms with E-state index in [1.807, 2.05) is 0 Å². The molecule has 36 heavy (non-hydrogen) atoms. The van der Waals surface area contributed by atoms with Crippen molar-refractivity contribution in [1.82, 2.24) is 5.32 Å². The zero-order chi connectivity index (χ0) is 26.6. The second-order valence-electron chi connectivity index (χ2n) is 7.78. The molecule has 1 unspecified atom stereocenters. The van der Waals surface area contributed by atoms with E-state index >= 15 is 0 Å². The van der Waals surface area contributed by atoms with Crippen LogP contribution in [0.2, 0.25) is 10.0 Å². The Morgan fingerprint density at radius 2 is 1.39 bits per heavy atom. The van der Waals surface area contributed by atoms with Crippen molar-refractivity contribution < 1.29 is 39.8 Å². The van der Waals surface area contributed by atoms with Gasteiger partial charge in [-0.2, -0.15) is 0 Å². The number of hydrogen-bond acceptors (Lipinski definition) is 5. The van der Waals surface area contributed by atoms with Crippen molar-refractivity contribution in [1.29, 1.82) is 0 Å². The predicted molar refractivity (Wildman–Crippen MR) is 122 cm³/mol. The molecule has 0 saturated carbocycles. The van der Waals surface area contributed by atoms with Gasteiger partial charge in [-0.15, -0.1) is 0 Å². The Hall–Kier alpha value is -2.60. The maximum Gasteiger partial charge on any atom is 0.211 e. The van der Waals surface area contributed by atoms with Crippen LogP contribution in [-0.2, 0) is 21.1 Å². The maximum atomic E-state index is 14.9. The third kappa shape index (κ3) is 3.80. The normalized spacial score (nSPS) is 17.6. The topological polar surface area (TPSA) is 64.6 Å². The van der Waals surface area contributed by atoms with Crippen LogP contribution in [0.3, 0.4) is 0 Å². The van der Waals surface area contributed by atoms with Crippen molar-refractivity contribution in [3.63, 3.8) is 0 Å². The molecule has 0 aliphatic carbocycles. The van der Waals surface area contributed by atoms with Gasteiger partial charge in [0.25, 0.3) is 0 Å². The third-order valence-corrected chi connectivity index (χ3v) is 8.57. The van der Waals surface area contributed by atoms with Gasteiger partial charge in [-0.05, 0) is 41.8 Å². The average molecular weight is 568 g/mol. The summed E-state index contributed by atoms with van der Waals surface area (Å²) < 4.78 is 111. The summed E-state index contributed by atoms with van der Waals surface area (Å²) in [5, 5.41) is 2.62. The first-order valence-corrected chi connectivity index (χ1v) is 12.4. The Bertz CT molecular complexity index is 1440. The van der Waals surface area contributed by atoms with Crippen molar-refractivity contribution >= 4 is 33.0 Å². The predicted octanol–water partition coefficient (Wildman–Crippen LogP) is 5.53. The number of benzene rings is 3. The van der Waals surface area contributed by atoms with Crippen LogP contribution >= 0.6 is 23.2 Å². The molecule has 1 atom stereocenters. The van der Waals surface area contributed by atoms with Crippen LogP contribution in [-0.4, -0.2) is 29.2 Å². The number of halogens is 7. The molecule has 0 spiro atoms. The van der Waals surface area contributed by atoms with E-state index in [4.69, 9.17) is 32.7 Å². The van der Waals surface area contributed by atoms with Gasteiger partial charge in [0.2, 0.25) is 15.7 Å². The Labute approximate surface area is 212 Å². The maximum absolute atomic E-state index is 14.9. The summed E-state index contributed by atoms with van der Waals surface area (Å²) in [4.78, 5) is -4.65. The van der Waals surface area contributed by atoms with Gasteiger partial charge < -0.3 is 9.47 Å². The van der Waals surface area contributed by atoms with Crippen LogP contribution in [0.25, 0.3) is 0 Å². The molecule has 1 aliphatic rings. The van der Waals surface area contributed by atoms with Gasteiger partial charge in [0.15, 0.2) is 28.1 Å². The molecule has 1 N–H and O–H groups in total. The molecule has 0 bridgehead atoms. The SMILES string of the molecule is COc1cc2c(c(OC)c1)C(c1cc(Cl)cc(Cl)c1)(S(=O)(=O)c1c(F)c(F)c(F)c(F)c1F)NCC2. The minimum atomic E-state index is -5.54. The Morgan fingerprint density at radius 3 is 1.92 bits per heavy atom. The zero-order valence-corrected chi connectivity index (χ0v) is 20.8. The van der Waals surface area contributed by atoms with Crippen molar-refractivity contribution in [3.05, 3.63) is 86.2 Å². The molecule has 3 aromatic rings. The second-order valence-corrected chi connectivity index (χ2v) is 10.7. The van der Waals surface area contributed by atoms with E-state index in [2.05, 4.69) is 5.32 Å². The fourth-order valence-corrected chi connectivity index (χ4v) is 7.05. The van der Waals surface area contributed by atoms with Gasteiger partial charge in [0.1, 0.15) is 16.4 Å². The highest BCUT2D eigenvalue weighted by molar-refractivity contribution is 7.92. The zero-order valence-electron chi connectivity index (χ0n) is 18.5. The van der Waals surface area contributed by atoms with Crippen molar-refractivity contribution in [2.75, 3.05) is 20.8 Å². The molecular formula is C23H16Cl2F5NO4S. The molecule has 1 aliphatic heterocycles. The molecule has 192 valence electrons. The summed E-state index contributed by atoms with van der Waals surface area (Å²) in [5.41, 5.74) is -0.0822. The molecule has 1 heterocycles.